The summed E-state index contributed by atoms with van der Waals surface area (Å²) in [5.74, 6) is 0.778. The number of benzene rings is 1. The van der Waals surface area contributed by atoms with E-state index in [0.717, 1.165) is 11.4 Å². The summed E-state index contributed by atoms with van der Waals surface area (Å²) < 4.78 is 0. The Bertz CT molecular complexity index is 181. The van der Waals surface area contributed by atoms with Gasteiger partial charge in [0.25, 0.3) is 0 Å². The first kappa shape index (κ1) is 6.49. The molecule has 2 N–H and O–H groups in total. The Labute approximate surface area is 60.3 Å². The minimum atomic E-state index is 0.778. The van der Waals surface area contributed by atoms with Gasteiger partial charge in [-0.15, -0.1) is 0 Å². The third kappa shape index (κ3) is 1.64. The third-order valence-corrected chi connectivity index (χ3v) is 1.53. The SMILES string of the molecule is Nc1ccc(CS)cc1. The van der Waals surface area contributed by atoms with Crippen molar-refractivity contribution in [2.75, 3.05) is 5.73 Å². The fourth-order valence-corrected chi connectivity index (χ4v) is 0.834. The van der Waals surface area contributed by atoms with E-state index in [-0.39, 0.29) is 0 Å². The molecule has 1 rings (SSSR count). The Kier molecular flexibility index (Phi) is 2.01. The fourth-order valence-electron chi connectivity index (χ4n) is 0.623. The standard InChI is InChI=1S/C7H9NS/c8-7-3-1-6(5-9)2-4-7/h1-4,9H,5,8H2. The summed E-state index contributed by atoms with van der Waals surface area (Å²) in [7, 11) is 0. The summed E-state index contributed by atoms with van der Waals surface area (Å²) in [6, 6.07) is 7.71. The number of hydrogen-bond acceptors (Lipinski definition) is 2. The van der Waals surface area contributed by atoms with Crippen LogP contribution in [-0.4, -0.2) is 0 Å². The van der Waals surface area contributed by atoms with Gasteiger partial charge in [-0.25, -0.2) is 0 Å². The van der Waals surface area contributed by atoms with Crippen molar-refractivity contribution < 1.29 is 0 Å². The molecule has 0 fully saturated rings. The summed E-state index contributed by atoms with van der Waals surface area (Å²) in [5, 5.41) is 0. The maximum Gasteiger partial charge on any atom is 0.0314 e. The van der Waals surface area contributed by atoms with Crippen molar-refractivity contribution in [2.45, 2.75) is 5.75 Å². The van der Waals surface area contributed by atoms with Crippen molar-refractivity contribution in [3.8, 4) is 0 Å². The molecular weight excluding hydrogens is 130 g/mol. The highest BCUT2D eigenvalue weighted by Crippen LogP contribution is 2.06. The number of rotatable bonds is 1. The van der Waals surface area contributed by atoms with Gasteiger partial charge in [-0.3, -0.25) is 0 Å². The van der Waals surface area contributed by atoms with Crippen LogP contribution in [0, 0.1) is 0 Å². The molecule has 0 atom stereocenters. The van der Waals surface area contributed by atoms with Crippen LogP contribution in [0.3, 0.4) is 0 Å². The number of nitrogen functional groups attached to an aromatic ring is 1. The van der Waals surface area contributed by atoms with Crippen LogP contribution in [0.25, 0.3) is 0 Å². The zero-order valence-electron chi connectivity index (χ0n) is 5.04. The smallest absolute Gasteiger partial charge is 0.0314 e. The lowest BCUT2D eigenvalue weighted by Gasteiger charge is -1.94. The second-order valence-corrected chi connectivity index (χ2v) is 2.22. The number of nitrogens with two attached hydrogens (primary N) is 1. The monoisotopic (exact) mass is 139 g/mol. The summed E-state index contributed by atoms with van der Waals surface area (Å²) in [6.45, 7) is 0. The van der Waals surface area contributed by atoms with Crippen LogP contribution in [0.2, 0.25) is 0 Å². The van der Waals surface area contributed by atoms with Crippen molar-refractivity contribution in [1.82, 2.24) is 0 Å². The maximum absolute atomic E-state index is 5.46. The Morgan fingerprint density at radius 1 is 1.22 bits per heavy atom. The highest BCUT2D eigenvalue weighted by Gasteiger charge is 1.85. The summed E-state index contributed by atoms with van der Waals surface area (Å²) in [5.41, 5.74) is 7.46. The van der Waals surface area contributed by atoms with Gasteiger partial charge >= 0.3 is 0 Å². The molecule has 2 heteroatoms. The van der Waals surface area contributed by atoms with Crippen LogP contribution in [0.5, 0.6) is 0 Å². The molecule has 0 aromatic heterocycles. The van der Waals surface area contributed by atoms with Gasteiger partial charge in [-0.1, -0.05) is 12.1 Å². The molecule has 1 aromatic rings. The molecule has 0 saturated carbocycles. The first-order chi connectivity index (χ1) is 4.33. The van der Waals surface area contributed by atoms with E-state index in [1.54, 1.807) is 0 Å². The first-order valence-corrected chi connectivity index (χ1v) is 3.41. The van der Waals surface area contributed by atoms with E-state index in [1.165, 1.54) is 5.56 Å². The lowest BCUT2D eigenvalue weighted by atomic mass is 10.2. The van der Waals surface area contributed by atoms with E-state index >= 15 is 0 Å². The predicted octanol–water partition coefficient (Wildman–Crippen LogP) is 1.70. The average Bonchev–Trinajstić information content (AvgIpc) is 1.90. The average molecular weight is 139 g/mol. The first-order valence-electron chi connectivity index (χ1n) is 2.78. The van der Waals surface area contributed by atoms with E-state index in [9.17, 15) is 0 Å². The van der Waals surface area contributed by atoms with Gasteiger partial charge in [0.1, 0.15) is 0 Å². The molecule has 1 aromatic carbocycles. The topological polar surface area (TPSA) is 26.0 Å². The quantitative estimate of drug-likeness (QED) is 0.449. The largest absolute Gasteiger partial charge is 0.399 e. The molecular formula is C7H9NS. The van der Waals surface area contributed by atoms with Crippen LogP contribution in [0.4, 0.5) is 5.69 Å². The van der Waals surface area contributed by atoms with Crippen molar-refractivity contribution in [1.29, 1.82) is 0 Å². The normalized spacial score (nSPS) is 9.44. The molecule has 0 amide bonds. The van der Waals surface area contributed by atoms with Crippen LogP contribution in [0.1, 0.15) is 5.56 Å². The number of hydrogen-bond donors (Lipinski definition) is 2. The van der Waals surface area contributed by atoms with Crippen molar-refractivity contribution in [3.63, 3.8) is 0 Å². The van der Waals surface area contributed by atoms with Gasteiger partial charge in [0.15, 0.2) is 0 Å². The summed E-state index contributed by atoms with van der Waals surface area (Å²) in [6.07, 6.45) is 0. The molecule has 0 unspecified atom stereocenters. The van der Waals surface area contributed by atoms with Crippen LogP contribution in [0.15, 0.2) is 24.3 Å². The van der Waals surface area contributed by atoms with Gasteiger partial charge in [0, 0.05) is 11.4 Å². The lowest BCUT2D eigenvalue weighted by molar-refractivity contribution is 1.43. The number of thiol groups is 1. The van der Waals surface area contributed by atoms with Crippen LogP contribution in [-0.2, 0) is 5.75 Å². The summed E-state index contributed by atoms with van der Waals surface area (Å²) in [4.78, 5) is 0. The van der Waals surface area contributed by atoms with E-state index < -0.39 is 0 Å². The third-order valence-electron chi connectivity index (χ3n) is 1.16. The Morgan fingerprint density at radius 2 is 1.78 bits per heavy atom. The van der Waals surface area contributed by atoms with Crippen molar-refractivity contribution in [3.05, 3.63) is 29.8 Å². The van der Waals surface area contributed by atoms with Crippen LogP contribution >= 0.6 is 12.6 Å². The Balaban J connectivity index is 2.88. The molecule has 0 aliphatic heterocycles. The molecule has 0 aliphatic rings. The lowest BCUT2D eigenvalue weighted by Crippen LogP contribution is -1.83. The highest BCUT2D eigenvalue weighted by molar-refractivity contribution is 7.79. The molecule has 0 radical (unpaired) electrons. The van der Waals surface area contributed by atoms with E-state index in [0.29, 0.717) is 0 Å². The van der Waals surface area contributed by atoms with E-state index in [2.05, 4.69) is 12.6 Å². The zero-order chi connectivity index (χ0) is 6.69. The van der Waals surface area contributed by atoms with Crippen LogP contribution < -0.4 is 5.73 Å². The van der Waals surface area contributed by atoms with Crippen molar-refractivity contribution in [2.24, 2.45) is 0 Å². The molecule has 48 valence electrons. The van der Waals surface area contributed by atoms with Gasteiger partial charge in [0.2, 0.25) is 0 Å². The fraction of sp³-hybridized carbons (Fsp3) is 0.143. The van der Waals surface area contributed by atoms with Gasteiger partial charge in [-0.05, 0) is 17.7 Å². The van der Waals surface area contributed by atoms with E-state index in [4.69, 9.17) is 5.73 Å². The van der Waals surface area contributed by atoms with Gasteiger partial charge < -0.3 is 5.73 Å². The van der Waals surface area contributed by atoms with Gasteiger partial charge in [-0.2, -0.15) is 12.6 Å². The van der Waals surface area contributed by atoms with E-state index in [1.807, 2.05) is 24.3 Å². The second-order valence-electron chi connectivity index (χ2n) is 1.90. The molecule has 0 spiro atoms. The molecule has 1 nitrogen and oxygen atoms in total. The minimum Gasteiger partial charge on any atom is -0.399 e. The van der Waals surface area contributed by atoms with Crippen molar-refractivity contribution >= 4 is 18.3 Å². The number of anilines is 1. The molecule has 0 bridgehead atoms. The van der Waals surface area contributed by atoms with Gasteiger partial charge in [0.05, 0.1) is 0 Å². The maximum atomic E-state index is 5.46. The summed E-state index contributed by atoms with van der Waals surface area (Å²) >= 11 is 4.10. The molecule has 0 aliphatic carbocycles. The highest BCUT2D eigenvalue weighted by atomic mass is 32.1. The Morgan fingerprint density at radius 3 is 2.22 bits per heavy atom. The zero-order valence-corrected chi connectivity index (χ0v) is 5.94. The second kappa shape index (κ2) is 2.78. The molecule has 0 saturated heterocycles. The molecule has 0 heterocycles. The Hall–Kier alpha value is -0.630. The predicted molar refractivity (Wildman–Crippen MR) is 43.5 cm³/mol. The minimum absolute atomic E-state index is 0.778. The molecule has 9 heavy (non-hydrogen) atoms.